The molecule has 1 aromatic carbocycles. The van der Waals surface area contributed by atoms with Gasteiger partial charge in [0.25, 0.3) is 11.8 Å². The summed E-state index contributed by atoms with van der Waals surface area (Å²) in [7, 11) is 0. The predicted molar refractivity (Wildman–Crippen MR) is 151 cm³/mol. The molecule has 3 aliphatic heterocycles. The van der Waals surface area contributed by atoms with E-state index in [-0.39, 0.29) is 11.8 Å². The number of nitrogens with one attached hydrogen (secondary N) is 2. The van der Waals surface area contributed by atoms with Gasteiger partial charge in [0.2, 0.25) is 0 Å². The first kappa shape index (κ1) is 25.8. The second-order valence-corrected chi connectivity index (χ2v) is 10.8. The number of carbonyl (C=O) groups excluding carboxylic acids is 2. The first-order valence-electron chi connectivity index (χ1n) is 13.3. The molecule has 10 nitrogen and oxygen atoms in total. The molecule has 2 aromatic heterocycles. The Morgan fingerprint density at radius 1 is 1.10 bits per heavy atom. The lowest BCUT2D eigenvalue weighted by atomic mass is 10.1. The first-order valence-corrected chi connectivity index (χ1v) is 14.2. The molecule has 11 heteroatoms. The number of thiophene rings is 1. The molecule has 204 valence electrons. The highest BCUT2D eigenvalue weighted by Crippen LogP contribution is 2.35. The lowest BCUT2D eigenvalue weighted by Gasteiger charge is -2.30. The van der Waals surface area contributed by atoms with Crippen LogP contribution in [-0.2, 0) is 11.3 Å². The minimum atomic E-state index is -0.212. The number of pyridine rings is 1. The van der Waals surface area contributed by atoms with Crippen LogP contribution in [0.1, 0.15) is 25.6 Å². The predicted octanol–water partition coefficient (Wildman–Crippen LogP) is 2.68. The van der Waals surface area contributed by atoms with Crippen molar-refractivity contribution in [2.75, 3.05) is 80.8 Å². The van der Waals surface area contributed by atoms with E-state index in [0.29, 0.717) is 29.3 Å². The second-order valence-electron chi connectivity index (χ2n) is 9.73. The Labute approximate surface area is 231 Å². The van der Waals surface area contributed by atoms with Gasteiger partial charge in [0.15, 0.2) is 0 Å². The largest absolute Gasteiger partial charge is 0.492 e. The zero-order valence-corrected chi connectivity index (χ0v) is 22.5. The molecule has 2 amide bonds. The van der Waals surface area contributed by atoms with Gasteiger partial charge >= 0.3 is 0 Å². The fraction of sp³-hybridized carbons (Fsp3) is 0.393. The summed E-state index contributed by atoms with van der Waals surface area (Å²) in [5, 5.41) is 7.11. The summed E-state index contributed by atoms with van der Waals surface area (Å²) in [5.41, 5.74) is 3.25. The van der Waals surface area contributed by atoms with Gasteiger partial charge < -0.3 is 25.0 Å². The number of piperazine rings is 1. The van der Waals surface area contributed by atoms with E-state index < -0.39 is 0 Å². The Hall–Kier alpha value is -3.51. The van der Waals surface area contributed by atoms with Crippen molar-refractivity contribution in [3.8, 4) is 5.75 Å². The molecule has 0 aliphatic carbocycles. The van der Waals surface area contributed by atoms with E-state index in [9.17, 15) is 9.59 Å². The van der Waals surface area contributed by atoms with E-state index in [1.165, 1.54) is 11.3 Å². The zero-order valence-electron chi connectivity index (χ0n) is 21.7. The van der Waals surface area contributed by atoms with Gasteiger partial charge in [0, 0.05) is 57.6 Å². The Morgan fingerprint density at radius 3 is 2.79 bits per heavy atom. The van der Waals surface area contributed by atoms with E-state index in [1.807, 2.05) is 30.3 Å². The van der Waals surface area contributed by atoms with Crippen molar-refractivity contribution in [2.45, 2.75) is 6.54 Å². The van der Waals surface area contributed by atoms with Crippen molar-refractivity contribution in [3.05, 3.63) is 64.8 Å². The van der Waals surface area contributed by atoms with Crippen molar-refractivity contribution in [2.24, 2.45) is 0 Å². The number of anilines is 3. The number of ether oxygens (including phenoxy) is 2. The van der Waals surface area contributed by atoms with E-state index in [2.05, 4.69) is 25.4 Å². The standard InChI is InChI=1S/C28H32N6O4S/c35-27(31-23-18-30-6-5-24(23)33-9-7-29-8-10-33)25-3-4-26(39-25)34-19-20-17-21(1-2-22(20)28(34)36)38-16-13-32-11-14-37-15-12-32/h1-6,17-18,29H,7-16,19H2,(H,31,35). The smallest absolute Gasteiger partial charge is 0.265 e. The highest BCUT2D eigenvalue weighted by atomic mass is 32.1. The summed E-state index contributed by atoms with van der Waals surface area (Å²) in [6.45, 7) is 8.82. The van der Waals surface area contributed by atoms with Crippen LogP contribution in [0.25, 0.3) is 0 Å². The fourth-order valence-corrected chi connectivity index (χ4v) is 6.02. The van der Waals surface area contributed by atoms with Crippen LogP contribution in [0.2, 0.25) is 0 Å². The number of hydrogen-bond donors (Lipinski definition) is 2. The average Bonchev–Trinajstić information content (AvgIpc) is 3.59. The molecule has 0 spiro atoms. The average molecular weight is 549 g/mol. The molecule has 0 radical (unpaired) electrons. The topological polar surface area (TPSA) is 99.3 Å². The lowest BCUT2D eigenvalue weighted by molar-refractivity contribution is 0.0322. The number of benzene rings is 1. The van der Waals surface area contributed by atoms with Crippen molar-refractivity contribution in [3.63, 3.8) is 0 Å². The summed E-state index contributed by atoms with van der Waals surface area (Å²) < 4.78 is 11.4. The summed E-state index contributed by atoms with van der Waals surface area (Å²) in [5.74, 6) is 0.488. The Kier molecular flexibility index (Phi) is 7.73. The van der Waals surface area contributed by atoms with Crippen LogP contribution < -0.4 is 25.2 Å². The third-order valence-corrected chi connectivity index (χ3v) is 8.35. The molecule has 6 rings (SSSR count). The highest BCUT2D eigenvalue weighted by Gasteiger charge is 2.30. The summed E-state index contributed by atoms with van der Waals surface area (Å²) >= 11 is 1.31. The number of carbonyl (C=O) groups is 2. The third kappa shape index (κ3) is 5.76. The van der Waals surface area contributed by atoms with Crippen molar-refractivity contribution < 1.29 is 19.1 Å². The molecule has 0 atom stereocenters. The van der Waals surface area contributed by atoms with Crippen molar-refractivity contribution in [1.29, 1.82) is 0 Å². The van der Waals surface area contributed by atoms with Gasteiger partial charge in [-0.2, -0.15) is 0 Å². The van der Waals surface area contributed by atoms with Crippen LogP contribution in [0.4, 0.5) is 16.4 Å². The number of amides is 2. The second kappa shape index (κ2) is 11.7. The molecule has 0 saturated carbocycles. The molecule has 0 unspecified atom stereocenters. The Balaban J connectivity index is 1.09. The van der Waals surface area contributed by atoms with E-state index in [1.54, 1.807) is 23.4 Å². The maximum atomic E-state index is 13.2. The highest BCUT2D eigenvalue weighted by molar-refractivity contribution is 7.18. The molecule has 0 bridgehead atoms. The van der Waals surface area contributed by atoms with Crippen LogP contribution in [-0.4, -0.2) is 87.3 Å². The third-order valence-electron chi connectivity index (χ3n) is 7.25. The van der Waals surface area contributed by atoms with Gasteiger partial charge in [0.05, 0.1) is 47.2 Å². The molecule has 3 aliphatic rings. The molecular formula is C28H32N6O4S. The molecule has 2 fully saturated rings. The molecule has 39 heavy (non-hydrogen) atoms. The number of fused-ring (bicyclic) bond motifs is 1. The van der Waals surface area contributed by atoms with Gasteiger partial charge in [-0.25, -0.2) is 0 Å². The van der Waals surface area contributed by atoms with Crippen LogP contribution in [0.3, 0.4) is 0 Å². The van der Waals surface area contributed by atoms with Crippen LogP contribution >= 0.6 is 11.3 Å². The summed E-state index contributed by atoms with van der Waals surface area (Å²) in [6, 6.07) is 11.2. The minimum absolute atomic E-state index is 0.0630. The van der Waals surface area contributed by atoms with Gasteiger partial charge in [-0.05, 0) is 42.0 Å². The summed E-state index contributed by atoms with van der Waals surface area (Å²) in [6.07, 6.45) is 3.43. The molecule has 2 saturated heterocycles. The number of hydrogen-bond acceptors (Lipinski definition) is 9. The number of morpholine rings is 1. The SMILES string of the molecule is O=C(Nc1cnccc1N1CCNCC1)c1ccc(N2Cc3cc(OCCN4CCOCC4)ccc3C2=O)s1. The van der Waals surface area contributed by atoms with Gasteiger partial charge in [-0.3, -0.25) is 24.4 Å². The monoisotopic (exact) mass is 548 g/mol. The van der Waals surface area contributed by atoms with Crippen LogP contribution in [0.15, 0.2) is 48.8 Å². The van der Waals surface area contributed by atoms with E-state index >= 15 is 0 Å². The number of nitrogens with zero attached hydrogens (tertiary/aromatic N) is 4. The summed E-state index contributed by atoms with van der Waals surface area (Å²) in [4.78, 5) is 37.4. The van der Waals surface area contributed by atoms with E-state index in [4.69, 9.17) is 9.47 Å². The van der Waals surface area contributed by atoms with Crippen LogP contribution in [0.5, 0.6) is 5.75 Å². The maximum absolute atomic E-state index is 13.2. The minimum Gasteiger partial charge on any atom is -0.492 e. The fourth-order valence-electron chi connectivity index (χ4n) is 5.13. The Morgan fingerprint density at radius 2 is 1.95 bits per heavy atom. The van der Waals surface area contributed by atoms with Gasteiger partial charge in [-0.15, -0.1) is 11.3 Å². The molecular weight excluding hydrogens is 516 g/mol. The van der Waals surface area contributed by atoms with Gasteiger partial charge in [-0.1, -0.05) is 0 Å². The molecule has 5 heterocycles. The lowest BCUT2D eigenvalue weighted by Crippen LogP contribution is -2.43. The van der Waals surface area contributed by atoms with Crippen molar-refractivity contribution in [1.82, 2.24) is 15.2 Å². The van der Waals surface area contributed by atoms with Gasteiger partial charge in [0.1, 0.15) is 12.4 Å². The zero-order chi connectivity index (χ0) is 26.6. The number of rotatable bonds is 8. The maximum Gasteiger partial charge on any atom is 0.265 e. The molecule has 2 N–H and O–H groups in total. The quantitative estimate of drug-likeness (QED) is 0.444. The van der Waals surface area contributed by atoms with Crippen molar-refractivity contribution >= 4 is 39.5 Å². The van der Waals surface area contributed by atoms with E-state index in [0.717, 1.165) is 81.0 Å². The Bertz CT molecular complexity index is 1340. The normalized spacial score (nSPS) is 17.8. The van der Waals surface area contributed by atoms with Crippen LogP contribution in [0, 0.1) is 0 Å². The number of aromatic nitrogens is 1. The molecule has 3 aromatic rings. The first-order chi connectivity index (χ1) is 19.2.